The van der Waals surface area contributed by atoms with Crippen LogP contribution in [0, 0.1) is 0 Å². The number of carbonyl (C=O) groups is 1. The number of aliphatic hydroxyl groups excluding tert-OH is 1. The van der Waals surface area contributed by atoms with Gasteiger partial charge in [0.2, 0.25) is 0 Å². The molecule has 0 saturated heterocycles. The molecular weight excluding hydrogens is 278 g/mol. The molecule has 0 radical (unpaired) electrons. The number of methoxy groups -OCH3 is 1. The molecule has 0 unspecified atom stereocenters. The summed E-state index contributed by atoms with van der Waals surface area (Å²) in [5, 5.41) is 13.6. The van der Waals surface area contributed by atoms with Gasteiger partial charge >= 0.3 is 5.97 Å². The van der Waals surface area contributed by atoms with Crippen LogP contribution in [0.5, 0.6) is 0 Å². The van der Waals surface area contributed by atoms with Gasteiger partial charge in [-0.05, 0) is 28.8 Å². The SMILES string of the molecule is COC(=O)c1ccc(CN[C@@H]2c3ccccc3C[C@@H]2O)cc1. The van der Waals surface area contributed by atoms with Gasteiger partial charge in [0, 0.05) is 13.0 Å². The first-order valence-electron chi connectivity index (χ1n) is 7.35. The van der Waals surface area contributed by atoms with Crippen molar-refractivity contribution in [1.29, 1.82) is 0 Å². The number of fused-ring (bicyclic) bond motifs is 1. The zero-order valence-corrected chi connectivity index (χ0v) is 12.5. The van der Waals surface area contributed by atoms with E-state index in [1.165, 1.54) is 18.2 Å². The van der Waals surface area contributed by atoms with E-state index in [0.717, 1.165) is 5.56 Å². The molecule has 2 aromatic rings. The first kappa shape index (κ1) is 14.8. The van der Waals surface area contributed by atoms with Gasteiger partial charge in [0.1, 0.15) is 0 Å². The van der Waals surface area contributed by atoms with E-state index in [-0.39, 0.29) is 12.0 Å². The van der Waals surface area contributed by atoms with Gasteiger partial charge in [0.05, 0.1) is 24.8 Å². The van der Waals surface area contributed by atoms with Crippen molar-refractivity contribution in [2.75, 3.05) is 7.11 Å². The fourth-order valence-electron chi connectivity index (χ4n) is 2.92. The van der Waals surface area contributed by atoms with E-state index in [1.807, 2.05) is 24.3 Å². The lowest BCUT2D eigenvalue weighted by Crippen LogP contribution is -2.28. The van der Waals surface area contributed by atoms with E-state index in [0.29, 0.717) is 18.5 Å². The van der Waals surface area contributed by atoms with Gasteiger partial charge in [-0.15, -0.1) is 0 Å². The molecule has 2 N–H and O–H groups in total. The van der Waals surface area contributed by atoms with Crippen LogP contribution < -0.4 is 5.32 Å². The van der Waals surface area contributed by atoms with Crippen LogP contribution in [0.2, 0.25) is 0 Å². The van der Waals surface area contributed by atoms with Crippen molar-refractivity contribution in [3.05, 3.63) is 70.8 Å². The Balaban J connectivity index is 1.67. The Labute approximate surface area is 129 Å². The fraction of sp³-hybridized carbons (Fsp3) is 0.278. The van der Waals surface area contributed by atoms with Gasteiger partial charge in [-0.1, -0.05) is 36.4 Å². The standard InChI is InChI=1S/C18H19NO3/c1-22-18(21)13-8-6-12(7-9-13)11-19-17-15-5-3-2-4-14(15)10-16(17)20/h2-9,16-17,19-20H,10-11H2,1H3/t16-,17+/m0/s1. The van der Waals surface area contributed by atoms with Crippen LogP contribution >= 0.6 is 0 Å². The predicted octanol–water partition coefficient (Wildman–Crippen LogP) is 2.22. The first-order valence-corrected chi connectivity index (χ1v) is 7.35. The van der Waals surface area contributed by atoms with E-state index in [4.69, 9.17) is 0 Å². The number of benzene rings is 2. The van der Waals surface area contributed by atoms with E-state index in [2.05, 4.69) is 22.2 Å². The molecule has 0 aromatic heterocycles. The molecule has 0 amide bonds. The number of hydrogen-bond acceptors (Lipinski definition) is 4. The van der Waals surface area contributed by atoms with E-state index in [9.17, 15) is 9.90 Å². The third-order valence-corrected chi connectivity index (χ3v) is 4.11. The predicted molar refractivity (Wildman–Crippen MR) is 83.5 cm³/mol. The van der Waals surface area contributed by atoms with Gasteiger partial charge in [-0.2, -0.15) is 0 Å². The molecule has 22 heavy (non-hydrogen) atoms. The highest BCUT2D eigenvalue weighted by Gasteiger charge is 2.29. The van der Waals surface area contributed by atoms with Crippen molar-refractivity contribution < 1.29 is 14.6 Å². The van der Waals surface area contributed by atoms with Gasteiger partial charge in [0.15, 0.2) is 0 Å². The van der Waals surface area contributed by atoms with Crippen LogP contribution in [-0.2, 0) is 17.7 Å². The van der Waals surface area contributed by atoms with E-state index in [1.54, 1.807) is 12.1 Å². The van der Waals surface area contributed by atoms with Crippen molar-refractivity contribution in [2.45, 2.75) is 25.1 Å². The number of nitrogens with one attached hydrogen (secondary N) is 1. The second kappa shape index (κ2) is 6.30. The van der Waals surface area contributed by atoms with E-state index < -0.39 is 6.10 Å². The average molecular weight is 297 g/mol. The lowest BCUT2D eigenvalue weighted by atomic mass is 10.1. The number of hydrogen-bond donors (Lipinski definition) is 2. The minimum atomic E-state index is -0.397. The van der Waals surface area contributed by atoms with Crippen LogP contribution in [0.25, 0.3) is 0 Å². The molecule has 0 bridgehead atoms. The maximum Gasteiger partial charge on any atom is 0.337 e. The molecule has 4 heteroatoms. The van der Waals surface area contributed by atoms with Crippen molar-refractivity contribution in [1.82, 2.24) is 5.32 Å². The van der Waals surface area contributed by atoms with Crippen molar-refractivity contribution >= 4 is 5.97 Å². The molecule has 0 saturated carbocycles. The zero-order chi connectivity index (χ0) is 15.5. The van der Waals surface area contributed by atoms with Gasteiger partial charge in [-0.25, -0.2) is 4.79 Å². The summed E-state index contributed by atoms with van der Waals surface area (Å²) in [6.45, 7) is 0.636. The van der Waals surface area contributed by atoms with Crippen LogP contribution in [-0.4, -0.2) is 24.3 Å². The normalized spacial score (nSPS) is 19.7. The Kier molecular flexibility index (Phi) is 4.22. The average Bonchev–Trinajstić information content (AvgIpc) is 2.88. The lowest BCUT2D eigenvalue weighted by molar-refractivity contribution is 0.0600. The summed E-state index contributed by atoms with van der Waals surface area (Å²) >= 11 is 0. The molecule has 2 atom stereocenters. The second-order valence-electron chi connectivity index (χ2n) is 5.52. The summed E-state index contributed by atoms with van der Waals surface area (Å²) in [6.07, 6.45) is 0.293. The van der Waals surface area contributed by atoms with Crippen LogP contribution in [0.3, 0.4) is 0 Å². The van der Waals surface area contributed by atoms with Crippen molar-refractivity contribution in [3.8, 4) is 0 Å². The number of carbonyl (C=O) groups excluding carboxylic acids is 1. The summed E-state index contributed by atoms with van der Waals surface area (Å²) in [6, 6.07) is 15.4. The second-order valence-corrected chi connectivity index (χ2v) is 5.52. The summed E-state index contributed by atoms with van der Waals surface area (Å²) in [5.41, 5.74) is 3.97. The minimum absolute atomic E-state index is 0.0449. The van der Waals surface area contributed by atoms with Gasteiger partial charge in [-0.3, -0.25) is 0 Å². The molecule has 0 spiro atoms. The highest BCUT2D eigenvalue weighted by atomic mass is 16.5. The zero-order valence-electron chi connectivity index (χ0n) is 12.5. The maximum atomic E-state index is 11.4. The number of aliphatic hydroxyl groups is 1. The quantitative estimate of drug-likeness (QED) is 0.850. The van der Waals surface area contributed by atoms with Crippen LogP contribution in [0.1, 0.15) is 33.1 Å². The molecular formula is C18H19NO3. The summed E-state index contributed by atoms with van der Waals surface area (Å²) in [7, 11) is 1.37. The van der Waals surface area contributed by atoms with Gasteiger partial charge in [0.25, 0.3) is 0 Å². The Morgan fingerprint density at radius 1 is 1.23 bits per heavy atom. The summed E-state index contributed by atoms with van der Waals surface area (Å²) in [4.78, 5) is 11.4. The van der Waals surface area contributed by atoms with Crippen LogP contribution in [0.4, 0.5) is 0 Å². The fourth-order valence-corrected chi connectivity index (χ4v) is 2.92. The molecule has 4 nitrogen and oxygen atoms in total. The smallest absolute Gasteiger partial charge is 0.337 e. The molecule has 114 valence electrons. The molecule has 0 fully saturated rings. The van der Waals surface area contributed by atoms with Crippen molar-refractivity contribution in [2.24, 2.45) is 0 Å². The molecule has 2 aromatic carbocycles. The Morgan fingerprint density at radius 2 is 1.95 bits per heavy atom. The first-order chi connectivity index (χ1) is 10.7. The molecule has 1 aliphatic rings. The third-order valence-electron chi connectivity index (χ3n) is 4.11. The van der Waals surface area contributed by atoms with Crippen LogP contribution in [0.15, 0.2) is 48.5 Å². The minimum Gasteiger partial charge on any atom is -0.465 e. The number of esters is 1. The highest BCUT2D eigenvalue weighted by Crippen LogP contribution is 2.31. The summed E-state index contributed by atoms with van der Waals surface area (Å²) in [5.74, 6) is -0.334. The molecule has 0 heterocycles. The highest BCUT2D eigenvalue weighted by molar-refractivity contribution is 5.89. The van der Waals surface area contributed by atoms with E-state index >= 15 is 0 Å². The molecule has 1 aliphatic carbocycles. The van der Waals surface area contributed by atoms with Gasteiger partial charge < -0.3 is 15.2 Å². The summed E-state index contributed by atoms with van der Waals surface area (Å²) < 4.78 is 4.68. The Hall–Kier alpha value is -2.17. The topological polar surface area (TPSA) is 58.6 Å². The largest absolute Gasteiger partial charge is 0.465 e. The Bertz CT molecular complexity index is 666. The maximum absolute atomic E-state index is 11.4. The number of rotatable bonds is 4. The Morgan fingerprint density at radius 3 is 2.68 bits per heavy atom. The monoisotopic (exact) mass is 297 g/mol. The number of ether oxygens (including phenoxy) is 1. The third kappa shape index (κ3) is 2.89. The lowest BCUT2D eigenvalue weighted by Gasteiger charge is -2.18. The molecule has 3 rings (SSSR count). The van der Waals surface area contributed by atoms with Crippen molar-refractivity contribution in [3.63, 3.8) is 0 Å². The molecule has 0 aliphatic heterocycles.